The van der Waals surface area contributed by atoms with E-state index in [0.29, 0.717) is 5.69 Å². The van der Waals surface area contributed by atoms with Crippen molar-refractivity contribution in [3.63, 3.8) is 0 Å². The maximum atomic E-state index is 12.7. The van der Waals surface area contributed by atoms with Crippen LogP contribution in [0, 0.1) is 0 Å². The highest BCUT2D eigenvalue weighted by atomic mass is 19.4. The summed E-state index contributed by atoms with van der Waals surface area (Å²) in [6.07, 6.45) is -1.67. The second kappa shape index (κ2) is 5.51. The minimum absolute atomic E-state index is 0.0414. The number of rotatable bonds is 2. The van der Waals surface area contributed by atoms with Crippen molar-refractivity contribution in [3.8, 4) is 0 Å². The molecule has 1 aromatic heterocycles. The molecule has 3 rings (SSSR count). The minimum Gasteiger partial charge on any atom is -0.399 e. The van der Waals surface area contributed by atoms with Gasteiger partial charge in [0.05, 0.1) is 6.04 Å². The van der Waals surface area contributed by atoms with Gasteiger partial charge in [-0.15, -0.1) is 0 Å². The van der Waals surface area contributed by atoms with Crippen LogP contribution in [-0.2, 0) is 12.6 Å². The summed E-state index contributed by atoms with van der Waals surface area (Å²) in [5.74, 6) is 0.240. The number of nitrogens with zero attached hydrogens (tertiary/aromatic N) is 1. The normalized spacial score (nSPS) is 17.9. The van der Waals surface area contributed by atoms with Crippen LogP contribution < -0.4 is 11.1 Å². The smallest absolute Gasteiger partial charge is 0.399 e. The number of benzene rings is 1. The largest absolute Gasteiger partial charge is 0.433 e. The average Bonchev–Trinajstić information content (AvgIpc) is 2.46. The van der Waals surface area contributed by atoms with E-state index in [0.717, 1.165) is 36.5 Å². The van der Waals surface area contributed by atoms with Crippen molar-refractivity contribution >= 4 is 11.5 Å². The average molecular weight is 307 g/mol. The van der Waals surface area contributed by atoms with Crippen molar-refractivity contribution in [1.29, 1.82) is 0 Å². The summed E-state index contributed by atoms with van der Waals surface area (Å²) in [5.41, 5.74) is 7.84. The van der Waals surface area contributed by atoms with E-state index in [9.17, 15) is 13.2 Å². The Morgan fingerprint density at radius 3 is 2.77 bits per heavy atom. The highest BCUT2D eigenvalue weighted by molar-refractivity contribution is 5.49. The summed E-state index contributed by atoms with van der Waals surface area (Å²) < 4.78 is 38.2. The van der Waals surface area contributed by atoms with Gasteiger partial charge >= 0.3 is 6.18 Å². The minimum atomic E-state index is -4.43. The van der Waals surface area contributed by atoms with E-state index in [2.05, 4.69) is 10.3 Å². The molecule has 0 amide bonds. The van der Waals surface area contributed by atoms with Gasteiger partial charge in [0.25, 0.3) is 0 Å². The number of nitrogens with two attached hydrogens (primary N) is 1. The van der Waals surface area contributed by atoms with Crippen LogP contribution in [0.15, 0.2) is 36.4 Å². The van der Waals surface area contributed by atoms with Crippen molar-refractivity contribution in [2.24, 2.45) is 0 Å². The fourth-order valence-electron chi connectivity index (χ4n) is 2.84. The number of pyridine rings is 1. The third-order valence-corrected chi connectivity index (χ3v) is 3.84. The Hall–Kier alpha value is -2.24. The Morgan fingerprint density at radius 2 is 2.00 bits per heavy atom. The predicted octanol–water partition coefficient (Wildman–Crippen LogP) is 4.17. The molecule has 0 saturated heterocycles. The van der Waals surface area contributed by atoms with E-state index in [1.807, 2.05) is 18.2 Å². The molecule has 3 nitrogen and oxygen atoms in total. The van der Waals surface area contributed by atoms with Gasteiger partial charge in [-0.25, -0.2) is 4.98 Å². The lowest BCUT2D eigenvalue weighted by molar-refractivity contribution is -0.141. The molecule has 3 N–H and O–H groups in total. The zero-order valence-electron chi connectivity index (χ0n) is 11.8. The summed E-state index contributed by atoms with van der Waals surface area (Å²) in [7, 11) is 0. The van der Waals surface area contributed by atoms with Gasteiger partial charge in [0, 0.05) is 5.69 Å². The molecule has 116 valence electrons. The van der Waals surface area contributed by atoms with Crippen LogP contribution in [0.25, 0.3) is 0 Å². The fraction of sp³-hybridized carbons (Fsp3) is 0.312. The van der Waals surface area contributed by atoms with Crippen LogP contribution in [-0.4, -0.2) is 4.98 Å². The van der Waals surface area contributed by atoms with Crippen molar-refractivity contribution < 1.29 is 13.2 Å². The number of hydrogen-bond acceptors (Lipinski definition) is 3. The summed E-state index contributed by atoms with van der Waals surface area (Å²) in [5, 5.41) is 3.12. The fourth-order valence-corrected chi connectivity index (χ4v) is 2.84. The molecule has 2 aromatic rings. The molecule has 0 spiro atoms. The maximum Gasteiger partial charge on any atom is 0.433 e. The molecule has 1 aliphatic rings. The van der Waals surface area contributed by atoms with Crippen LogP contribution in [0.4, 0.5) is 24.7 Å². The maximum absolute atomic E-state index is 12.7. The molecule has 1 heterocycles. The van der Waals surface area contributed by atoms with Crippen LogP contribution in [0.5, 0.6) is 0 Å². The Bertz CT molecular complexity index is 683. The van der Waals surface area contributed by atoms with Gasteiger partial charge in [-0.3, -0.25) is 0 Å². The second-order valence-corrected chi connectivity index (χ2v) is 5.45. The molecule has 1 aromatic carbocycles. The topological polar surface area (TPSA) is 50.9 Å². The first-order chi connectivity index (χ1) is 10.4. The second-order valence-electron chi connectivity index (χ2n) is 5.45. The van der Waals surface area contributed by atoms with Crippen LogP contribution >= 0.6 is 0 Å². The summed E-state index contributed by atoms with van der Waals surface area (Å²) in [6.45, 7) is 0. The molecular weight excluding hydrogens is 291 g/mol. The van der Waals surface area contributed by atoms with Gasteiger partial charge in [-0.05, 0) is 54.7 Å². The van der Waals surface area contributed by atoms with E-state index in [4.69, 9.17) is 5.73 Å². The van der Waals surface area contributed by atoms with Crippen molar-refractivity contribution in [3.05, 3.63) is 53.2 Å². The van der Waals surface area contributed by atoms with E-state index in [1.54, 1.807) is 6.07 Å². The molecule has 1 aliphatic carbocycles. The number of anilines is 2. The van der Waals surface area contributed by atoms with Crippen LogP contribution in [0.1, 0.15) is 35.7 Å². The van der Waals surface area contributed by atoms with Crippen LogP contribution in [0.3, 0.4) is 0 Å². The SMILES string of the molecule is Nc1ccc2c(c1)CCCC2Nc1cccc(C(F)(F)F)n1. The molecule has 1 unspecified atom stereocenters. The number of hydrogen-bond donors (Lipinski definition) is 2. The monoisotopic (exact) mass is 307 g/mol. The first kappa shape index (κ1) is 14.7. The molecule has 1 atom stereocenters. The van der Waals surface area contributed by atoms with Gasteiger partial charge in [-0.1, -0.05) is 12.1 Å². The Labute approximate surface area is 126 Å². The first-order valence-electron chi connectivity index (χ1n) is 7.12. The van der Waals surface area contributed by atoms with Gasteiger partial charge in [0.2, 0.25) is 0 Å². The van der Waals surface area contributed by atoms with E-state index < -0.39 is 11.9 Å². The number of aryl methyl sites for hydroxylation is 1. The highest BCUT2D eigenvalue weighted by Gasteiger charge is 2.32. The molecule has 0 bridgehead atoms. The Morgan fingerprint density at radius 1 is 1.18 bits per heavy atom. The van der Waals surface area contributed by atoms with Gasteiger partial charge in [0.1, 0.15) is 11.5 Å². The molecule has 6 heteroatoms. The van der Waals surface area contributed by atoms with Gasteiger partial charge in [0.15, 0.2) is 0 Å². The lowest BCUT2D eigenvalue weighted by Crippen LogP contribution is -2.19. The van der Waals surface area contributed by atoms with Crippen molar-refractivity contribution in [1.82, 2.24) is 4.98 Å². The van der Waals surface area contributed by atoms with Gasteiger partial charge in [-0.2, -0.15) is 13.2 Å². The number of nitrogen functional groups attached to an aromatic ring is 1. The lowest BCUT2D eigenvalue weighted by Gasteiger charge is -2.27. The summed E-state index contributed by atoms with van der Waals surface area (Å²) >= 11 is 0. The Balaban J connectivity index is 1.86. The van der Waals surface area contributed by atoms with Gasteiger partial charge < -0.3 is 11.1 Å². The molecule has 0 fully saturated rings. The number of halogens is 3. The van der Waals surface area contributed by atoms with Crippen molar-refractivity contribution in [2.45, 2.75) is 31.5 Å². The van der Waals surface area contributed by atoms with Crippen molar-refractivity contribution in [2.75, 3.05) is 11.1 Å². The number of fused-ring (bicyclic) bond motifs is 1. The zero-order chi connectivity index (χ0) is 15.7. The molecule has 0 radical (unpaired) electrons. The summed E-state index contributed by atoms with van der Waals surface area (Å²) in [4.78, 5) is 3.67. The van der Waals surface area contributed by atoms with Crippen LogP contribution in [0.2, 0.25) is 0 Å². The van der Waals surface area contributed by atoms with E-state index >= 15 is 0 Å². The standard InChI is InChI=1S/C16H16F3N3/c17-16(18,19)14-5-2-6-15(22-14)21-13-4-1-3-10-9-11(20)7-8-12(10)13/h2,5-9,13H,1,3-4,20H2,(H,21,22). The van der Waals surface area contributed by atoms with E-state index in [-0.39, 0.29) is 11.9 Å². The molecule has 0 saturated carbocycles. The highest BCUT2D eigenvalue weighted by Crippen LogP contribution is 2.34. The molecular formula is C16H16F3N3. The number of alkyl halides is 3. The van der Waals surface area contributed by atoms with E-state index in [1.165, 1.54) is 6.07 Å². The summed E-state index contributed by atoms with van der Waals surface area (Å²) in [6, 6.07) is 9.54. The first-order valence-corrected chi connectivity index (χ1v) is 7.12. The third-order valence-electron chi connectivity index (χ3n) is 3.84. The third kappa shape index (κ3) is 3.00. The quantitative estimate of drug-likeness (QED) is 0.819. The Kier molecular flexibility index (Phi) is 3.68. The number of aromatic nitrogens is 1. The number of nitrogens with one attached hydrogen (secondary N) is 1. The lowest BCUT2D eigenvalue weighted by atomic mass is 9.87. The predicted molar refractivity (Wildman–Crippen MR) is 79.4 cm³/mol. The zero-order valence-corrected chi connectivity index (χ0v) is 11.8. The molecule has 0 aliphatic heterocycles. The molecule has 22 heavy (non-hydrogen) atoms.